The highest BCUT2D eigenvalue weighted by atomic mass is 16.1. The average Bonchev–Trinajstić information content (AvgIpc) is 2.53. The molecule has 0 fully saturated rings. The largest absolute Gasteiger partial charge is 0.300 e. The Morgan fingerprint density at radius 1 is 1.10 bits per heavy atom. The van der Waals surface area contributed by atoms with Gasteiger partial charge in [-0.25, -0.2) is 0 Å². The van der Waals surface area contributed by atoms with Gasteiger partial charge < -0.3 is 4.40 Å². The summed E-state index contributed by atoms with van der Waals surface area (Å²) in [4.78, 5) is 20.5. The molecule has 0 saturated carbocycles. The molecule has 0 bridgehead atoms. The van der Waals surface area contributed by atoms with Crippen molar-refractivity contribution in [2.24, 2.45) is 0 Å². The first-order valence-electron chi connectivity index (χ1n) is 6.38. The zero-order chi connectivity index (χ0) is 14.4. The molecule has 0 N–H and O–H groups in total. The van der Waals surface area contributed by atoms with Crippen LogP contribution in [0.1, 0.15) is 5.56 Å². The minimum absolute atomic E-state index is 0.312. The Morgan fingerprint density at radius 3 is 2.86 bits per heavy atom. The van der Waals surface area contributed by atoms with E-state index in [2.05, 4.69) is 16.0 Å². The topological polar surface area (TPSA) is 71.0 Å². The zero-order valence-electron chi connectivity index (χ0n) is 10.8. The van der Waals surface area contributed by atoms with Gasteiger partial charge in [-0.05, 0) is 18.2 Å². The molecule has 0 aliphatic heterocycles. The van der Waals surface area contributed by atoms with E-state index < -0.39 is 0 Å². The molecule has 0 aliphatic carbocycles. The summed E-state index contributed by atoms with van der Waals surface area (Å²) in [5.74, 6) is 0. The van der Waals surface area contributed by atoms with Gasteiger partial charge in [0.2, 0.25) is 0 Å². The van der Waals surface area contributed by atoms with Crippen LogP contribution in [0.3, 0.4) is 0 Å². The van der Waals surface area contributed by atoms with Crippen LogP contribution in [0.5, 0.6) is 0 Å². The number of benzene rings is 1. The van der Waals surface area contributed by atoms with Gasteiger partial charge in [-0.3, -0.25) is 9.78 Å². The molecule has 0 spiro atoms. The third-order valence-electron chi connectivity index (χ3n) is 3.52. The van der Waals surface area contributed by atoms with Gasteiger partial charge in [0.15, 0.2) is 0 Å². The Bertz CT molecular complexity index is 1120. The second-order valence-corrected chi connectivity index (χ2v) is 4.68. The molecule has 0 saturated heterocycles. The lowest BCUT2D eigenvalue weighted by Gasteiger charge is -2.08. The van der Waals surface area contributed by atoms with Crippen molar-refractivity contribution in [3.8, 4) is 6.07 Å². The van der Waals surface area contributed by atoms with Gasteiger partial charge >= 0.3 is 0 Å². The number of nitrogens with zero attached hydrogens (tertiary/aromatic N) is 4. The smallest absolute Gasteiger partial charge is 0.282 e. The molecule has 1 aromatic carbocycles. The summed E-state index contributed by atoms with van der Waals surface area (Å²) in [5, 5.41) is 10.4. The lowest BCUT2D eigenvalue weighted by atomic mass is 10.1. The summed E-state index contributed by atoms with van der Waals surface area (Å²) in [7, 11) is 0. The standard InChI is InChI=1S/C16H8N4O/c17-8-10-4-3-5-11-14(10)18-9-12-15(11)20-7-2-1-6-13(20)19-16(12)21/h1-7,9H. The molecular formula is C16H8N4O. The Labute approximate surface area is 118 Å². The molecule has 4 aromatic rings. The normalized spacial score (nSPS) is 11.0. The molecule has 3 aromatic heterocycles. The number of pyridine rings is 2. The Kier molecular flexibility index (Phi) is 2.27. The lowest BCUT2D eigenvalue weighted by molar-refractivity contribution is 1.13. The highest BCUT2D eigenvalue weighted by Crippen LogP contribution is 2.24. The fraction of sp³-hybridized carbons (Fsp3) is 0. The first kappa shape index (κ1) is 11.6. The van der Waals surface area contributed by atoms with Gasteiger partial charge in [-0.15, -0.1) is 0 Å². The van der Waals surface area contributed by atoms with E-state index in [9.17, 15) is 10.1 Å². The monoisotopic (exact) mass is 272 g/mol. The second-order valence-electron chi connectivity index (χ2n) is 4.68. The summed E-state index contributed by atoms with van der Waals surface area (Å²) in [6.07, 6.45) is 3.34. The van der Waals surface area contributed by atoms with Crippen LogP contribution in [-0.4, -0.2) is 14.4 Å². The molecule has 0 amide bonds. The van der Waals surface area contributed by atoms with Crippen molar-refractivity contribution < 1.29 is 0 Å². The average molecular weight is 272 g/mol. The number of nitriles is 1. The van der Waals surface area contributed by atoms with Gasteiger partial charge in [0, 0.05) is 17.8 Å². The minimum Gasteiger partial charge on any atom is -0.300 e. The van der Waals surface area contributed by atoms with Crippen molar-refractivity contribution in [1.82, 2.24) is 14.4 Å². The first-order valence-corrected chi connectivity index (χ1v) is 6.38. The molecule has 5 nitrogen and oxygen atoms in total. The van der Waals surface area contributed by atoms with Crippen molar-refractivity contribution >= 4 is 27.5 Å². The van der Waals surface area contributed by atoms with E-state index in [0.29, 0.717) is 22.1 Å². The fourth-order valence-electron chi connectivity index (χ4n) is 2.59. The van der Waals surface area contributed by atoms with Crippen LogP contribution >= 0.6 is 0 Å². The van der Waals surface area contributed by atoms with Crippen molar-refractivity contribution in [3.63, 3.8) is 0 Å². The molecule has 0 aliphatic rings. The van der Waals surface area contributed by atoms with E-state index in [-0.39, 0.29) is 5.56 Å². The molecule has 0 atom stereocenters. The number of hydrogen-bond acceptors (Lipinski definition) is 4. The van der Waals surface area contributed by atoms with Crippen LogP contribution in [0.2, 0.25) is 0 Å². The fourth-order valence-corrected chi connectivity index (χ4v) is 2.59. The van der Waals surface area contributed by atoms with Gasteiger partial charge in [-0.2, -0.15) is 10.2 Å². The molecular weight excluding hydrogens is 264 g/mol. The molecule has 4 rings (SSSR count). The molecule has 5 heteroatoms. The third-order valence-corrected chi connectivity index (χ3v) is 3.52. The summed E-state index contributed by atoms with van der Waals surface area (Å²) in [6.45, 7) is 0. The number of rotatable bonds is 0. The Morgan fingerprint density at radius 2 is 2.00 bits per heavy atom. The molecule has 98 valence electrons. The van der Waals surface area contributed by atoms with E-state index in [4.69, 9.17) is 0 Å². The van der Waals surface area contributed by atoms with Crippen molar-refractivity contribution in [2.75, 3.05) is 0 Å². The van der Waals surface area contributed by atoms with Crippen molar-refractivity contribution in [1.29, 1.82) is 5.26 Å². The van der Waals surface area contributed by atoms with Crippen LogP contribution in [0.25, 0.3) is 27.5 Å². The Hall–Kier alpha value is -3.26. The summed E-state index contributed by atoms with van der Waals surface area (Å²) < 4.78 is 1.85. The van der Waals surface area contributed by atoms with E-state index in [1.807, 2.05) is 28.8 Å². The Balaban J connectivity index is 2.41. The molecule has 0 radical (unpaired) electrons. The SMILES string of the molecule is N#Cc1cccc2c1ncc1c(=O)nc3ccccn3c12. The van der Waals surface area contributed by atoms with Gasteiger partial charge in [0.25, 0.3) is 5.56 Å². The predicted molar refractivity (Wildman–Crippen MR) is 79.0 cm³/mol. The van der Waals surface area contributed by atoms with Crippen LogP contribution in [0.4, 0.5) is 0 Å². The molecule has 0 unspecified atom stereocenters. The molecule has 3 heterocycles. The van der Waals surface area contributed by atoms with E-state index in [1.165, 1.54) is 6.20 Å². The van der Waals surface area contributed by atoms with Crippen LogP contribution in [0, 0.1) is 11.3 Å². The van der Waals surface area contributed by atoms with Crippen molar-refractivity contribution in [3.05, 3.63) is 64.7 Å². The maximum absolute atomic E-state index is 12.2. The molecule has 21 heavy (non-hydrogen) atoms. The van der Waals surface area contributed by atoms with Crippen LogP contribution in [0.15, 0.2) is 53.6 Å². The number of para-hydroxylation sites is 1. The summed E-state index contributed by atoms with van der Waals surface area (Å²) >= 11 is 0. The first-order chi connectivity index (χ1) is 10.3. The van der Waals surface area contributed by atoms with E-state index in [1.54, 1.807) is 18.2 Å². The maximum Gasteiger partial charge on any atom is 0.282 e. The van der Waals surface area contributed by atoms with Gasteiger partial charge in [-0.1, -0.05) is 18.2 Å². The van der Waals surface area contributed by atoms with Crippen molar-refractivity contribution in [2.45, 2.75) is 0 Å². The lowest BCUT2D eigenvalue weighted by Crippen LogP contribution is -2.11. The summed E-state index contributed by atoms with van der Waals surface area (Å²) in [5.41, 5.74) is 2.07. The quantitative estimate of drug-likeness (QED) is 0.460. The number of hydrogen-bond donors (Lipinski definition) is 0. The third kappa shape index (κ3) is 1.53. The highest BCUT2D eigenvalue weighted by Gasteiger charge is 2.11. The maximum atomic E-state index is 12.2. The highest BCUT2D eigenvalue weighted by molar-refractivity contribution is 6.05. The summed E-state index contributed by atoms with van der Waals surface area (Å²) in [6, 6.07) is 13.0. The van der Waals surface area contributed by atoms with Crippen LogP contribution in [-0.2, 0) is 0 Å². The van der Waals surface area contributed by atoms with E-state index in [0.717, 1.165) is 10.9 Å². The van der Waals surface area contributed by atoms with Crippen LogP contribution < -0.4 is 5.56 Å². The number of aromatic nitrogens is 3. The zero-order valence-corrected chi connectivity index (χ0v) is 10.8. The van der Waals surface area contributed by atoms with Gasteiger partial charge in [0.1, 0.15) is 11.7 Å². The second kappa shape index (κ2) is 4.12. The van der Waals surface area contributed by atoms with E-state index >= 15 is 0 Å². The predicted octanol–water partition coefficient (Wildman–Crippen LogP) is 2.27. The minimum atomic E-state index is -0.312. The van der Waals surface area contributed by atoms with Gasteiger partial charge in [0.05, 0.1) is 22.0 Å². The number of fused-ring (bicyclic) bond motifs is 5.